The molecule has 4 aromatic rings. The van der Waals surface area contributed by atoms with Crippen molar-refractivity contribution in [3.05, 3.63) is 71.3 Å². The highest BCUT2D eigenvalue weighted by Gasteiger charge is 2.16. The Balaban J connectivity index is 1.57. The van der Waals surface area contributed by atoms with E-state index in [0.717, 1.165) is 0 Å². The molecule has 0 aliphatic carbocycles. The molecule has 26 heavy (non-hydrogen) atoms. The molecule has 0 aliphatic heterocycles. The van der Waals surface area contributed by atoms with Crippen LogP contribution in [0.25, 0.3) is 17.2 Å². The molecule has 128 valence electrons. The van der Waals surface area contributed by atoms with E-state index >= 15 is 0 Å². The second-order valence-corrected chi connectivity index (χ2v) is 6.43. The van der Waals surface area contributed by atoms with Crippen LogP contribution in [0.4, 0.5) is 5.13 Å². The quantitative estimate of drug-likeness (QED) is 0.581. The van der Waals surface area contributed by atoms with Crippen molar-refractivity contribution in [2.24, 2.45) is 0 Å². The van der Waals surface area contributed by atoms with E-state index in [0.29, 0.717) is 33.1 Å². The smallest absolute Gasteiger partial charge is 0.276 e. The molecule has 4 heterocycles. The lowest BCUT2D eigenvalue weighted by Gasteiger charge is -2.06. The van der Waals surface area contributed by atoms with Crippen molar-refractivity contribution in [3.63, 3.8) is 0 Å². The summed E-state index contributed by atoms with van der Waals surface area (Å²) in [7, 11) is 0. The molecule has 0 spiro atoms. The highest BCUT2D eigenvalue weighted by molar-refractivity contribution is 7.14. The predicted molar refractivity (Wildman–Crippen MR) is 99.7 cm³/mol. The molecule has 0 aliphatic rings. The van der Waals surface area contributed by atoms with E-state index in [4.69, 9.17) is 11.6 Å². The lowest BCUT2D eigenvalue weighted by molar-refractivity contribution is 0.102. The number of carbonyl (C=O) groups is 1. The Morgan fingerprint density at radius 2 is 2.04 bits per heavy atom. The number of halogens is 1. The second-order valence-electron chi connectivity index (χ2n) is 5.16. The van der Waals surface area contributed by atoms with Crippen LogP contribution in [-0.2, 0) is 0 Å². The van der Waals surface area contributed by atoms with Crippen LogP contribution in [-0.4, -0.2) is 30.4 Å². The summed E-state index contributed by atoms with van der Waals surface area (Å²) >= 11 is 7.43. The molecule has 0 fully saturated rings. The van der Waals surface area contributed by atoms with Crippen LogP contribution in [0.5, 0.6) is 0 Å². The van der Waals surface area contributed by atoms with Crippen LogP contribution in [0, 0.1) is 0 Å². The zero-order valence-corrected chi connectivity index (χ0v) is 14.8. The van der Waals surface area contributed by atoms with Crippen molar-refractivity contribution < 1.29 is 4.79 Å². The summed E-state index contributed by atoms with van der Waals surface area (Å²) in [5.41, 5.74) is 1.54. The fourth-order valence-corrected chi connectivity index (χ4v) is 3.23. The number of amides is 1. The van der Waals surface area contributed by atoms with E-state index in [9.17, 15) is 4.79 Å². The van der Waals surface area contributed by atoms with Crippen LogP contribution < -0.4 is 5.32 Å². The van der Waals surface area contributed by atoms with Gasteiger partial charge in [0.15, 0.2) is 5.13 Å². The molecule has 0 saturated carbocycles. The average Bonchev–Trinajstić information content (AvgIpc) is 3.32. The molecule has 0 radical (unpaired) electrons. The molecular formula is C17H11ClN6OS. The second kappa shape index (κ2) is 7.03. The number of carbonyl (C=O) groups excluding carboxylic acids is 1. The van der Waals surface area contributed by atoms with Gasteiger partial charge in [-0.15, -0.1) is 11.3 Å². The summed E-state index contributed by atoms with van der Waals surface area (Å²) in [4.78, 5) is 29.5. The van der Waals surface area contributed by atoms with Crippen LogP contribution >= 0.6 is 22.9 Å². The van der Waals surface area contributed by atoms with Gasteiger partial charge in [-0.3, -0.25) is 19.7 Å². The number of nitrogens with one attached hydrogen (secondary N) is 1. The number of thiazole rings is 1. The van der Waals surface area contributed by atoms with Crippen molar-refractivity contribution in [2.45, 2.75) is 0 Å². The van der Waals surface area contributed by atoms with Gasteiger partial charge in [-0.25, -0.2) is 15.0 Å². The van der Waals surface area contributed by atoms with Gasteiger partial charge in [0.25, 0.3) is 5.91 Å². The molecule has 4 rings (SSSR count). The number of hydrogen-bond donors (Lipinski definition) is 1. The monoisotopic (exact) mass is 382 g/mol. The molecule has 1 N–H and O–H groups in total. The van der Waals surface area contributed by atoms with Crippen molar-refractivity contribution in [3.8, 4) is 17.2 Å². The third-order valence-electron chi connectivity index (χ3n) is 3.49. The van der Waals surface area contributed by atoms with Gasteiger partial charge in [0, 0.05) is 17.8 Å². The van der Waals surface area contributed by atoms with E-state index in [1.165, 1.54) is 23.9 Å². The first-order valence-corrected chi connectivity index (χ1v) is 8.79. The first-order valence-electron chi connectivity index (χ1n) is 7.54. The Hall–Kier alpha value is -3.10. The number of anilines is 1. The van der Waals surface area contributed by atoms with Crippen LogP contribution in [0.2, 0.25) is 5.02 Å². The average molecular weight is 383 g/mol. The van der Waals surface area contributed by atoms with Crippen LogP contribution in [0.1, 0.15) is 10.5 Å². The largest absolute Gasteiger partial charge is 0.296 e. The molecule has 0 bridgehead atoms. The van der Waals surface area contributed by atoms with Gasteiger partial charge in [-0.2, -0.15) is 0 Å². The van der Waals surface area contributed by atoms with Gasteiger partial charge in [0.1, 0.15) is 29.2 Å². The van der Waals surface area contributed by atoms with E-state index in [-0.39, 0.29) is 5.91 Å². The van der Waals surface area contributed by atoms with Gasteiger partial charge in [-0.1, -0.05) is 17.7 Å². The number of imidazole rings is 1. The van der Waals surface area contributed by atoms with E-state index in [1.54, 1.807) is 46.6 Å². The minimum Gasteiger partial charge on any atom is -0.296 e. The molecule has 9 heteroatoms. The normalized spacial score (nSPS) is 10.7. The SMILES string of the molecule is O=C(Nc1nc(-c2ncccc2Cl)cs1)c1cncn1-c1ccccn1. The third-order valence-corrected chi connectivity index (χ3v) is 4.56. The first-order chi connectivity index (χ1) is 12.7. The first kappa shape index (κ1) is 16.4. The Labute approximate surface area is 157 Å². The predicted octanol–water partition coefficient (Wildman–Crippen LogP) is 3.69. The topological polar surface area (TPSA) is 85.6 Å². The summed E-state index contributed by atoms with van der Waals surface area (Å²) in [6.07, 6.45) is 6.32. The maximum absolute atomic E-state index is 12.6. The molecule has 0 unspecified atom stereocenters. The summed E-state index contributed by atoms with van der Waals surface area (Å²) in [6, 6.07) is 8.93. The molecule has 4 aromatic heterocycles. The maximum Gasteiger partial charge on any atom is 0.276 e. The van der Waals surface area contributed by atoms with Gasteiger partial charge >= 0.3 is 0 Å². The zero-order chi connectivity index (χ0) is 17.9. The number of rotatable bonds is 4. The summed E-state index contributed by atoms with van der Waals surface area (Å²) in [5, 5.41) is 5.51. The Bertz CT molecular complexity index is 1060. The summed E-state index contributed by atoms with van der Waals surface area (Å²) < 4.78 is 1.61. The van der Waals surface area contributed by atoms with Crippen molar-refractivity contribution in [2.75, 3.05) is 5.32 Å². The van der Waals surface area contributed by atoms with E-state index in [2.05, 4.69) is 25.3 Å². The van der Waals surface area contributed by atoms with Crippen LogP contribution in [0.15, 0.2) is 60.6 Å². The molecule has 7 nitrogen and oxygen atoms in total. The lowest BCUT2D eigenvalue weighted by atomic mass is 10.3. The van der Waals surface area contributed by atoms with Crippen molar-refractivity contribution in [1.82, 2.24) is 24.5 Å². The Kier molecular flexibility index (Phi) is 4.42. The highest BCUT2D eigenvalue weighted by Crippen LogP contribution is 2.28. The Morgan fingerprint density at radius 1 is 1.15 bits per heavy atom. The summed E-state index contributed by atoms with van der Waals surface area (Å²) in [6.45, 7) is 0. The minimum absolute atomic E-state index is 0.332. The molecule has 1 amide bonds. The lowest BCUT2D eigenvalue weighted by Crippen LogP contribution is -2.16. The van der Waals surface area contributed by atoms with Crippen molar-refractivity contribution in [1.29, 1.82) is 0 Å². The molecule has 0 aromatic carbocycles. The van der Waals surface area contributed by atoms with Gasteiger partial charge in [0.2, 0.25) is 0 Å². The molecule has 0 atom stereocenters. The third kappa shape index (κ3) is 3.19. The standard InChI is InChI=1S/C17H11ClN6OS/c18-11-4-3-7-21-15(11)12-9-26-17(22-12)23-16(25)13-8-19-10-24(13)14-5-1-2-6-20-14/h1-10H,(H,22,23,25). The molecule has 0 saturated heterocycles. The number of aromatic nitrogens is 5. The fraction of sp³-hybridized carbons (Fsp3) is 0. The highest BCUT2D eigenvalue weighted by atomic mass is 35.5. The van der Waals surface area contributed by atoms with Crippen LogP contribution in [0.3, 0.4) is 0 Å². The number of nitrogens with zero attached hydrogens (tertiary/aromatic N) is 5. The molecular weight excluding hydrogens is 372 g/mol. The maximum atomic E-state index is 12.6. The summed E-state index contributed by atoms with van der Waals surface area (Å²) in [5.74, 6) is 0.274. The van der Waals surface area contributed by atoms with Gasteiger partial charge in [0.05, 0.1) is 11.2 Å². The Morgan fingerprint density at radius 3 is 2.85 bits per heavy atom. The fourth-order valence-electron chi connectivity index (χ4n) is 2.32. The van der Waals surface area contributed by atoms with Crippen molar-refractivity contribution >= 4 is 34.0 Å². The zero-order valence-electron chi connectivity index (χ0n) is 13.2. The number of hydrogen-bond acceptors (Lipinski definition) is 6. The van der Waals surface area contributed by atoms with Gasteiger partial charge in [-0.05, 0) is 24.3 Å². The van der Waals surface area contributed by atoms with Gasteiger partial charge < -0.3 is 0 Å². The van der Waals surface area contributed by atoms with E-state index < -0.39 is 0 Å². The number of pyridine rings is 2. The van der Waals surface area contributed by atoms with E-state index in [1.807, 2.05) is 6.07 Å². The minimum atomic E-state index is -0.332.